The zero-order valence-electron chi connectivity index (χ0n) is 25.2. The summed E-state index contributed by atoms with van der Waals surface area (Å²) in [5.41, 5.74) is 6.88. The molecule has 0 bridgehead atoms. The third-order valence-electron chi connectivity index (χ3n) is 7.01. The van der Waals surface area contributed by atoms with Gasteiger partial charge in [-0.05, 0) is 59.4 Å². The molecule has 13 nitrogen and oxygen atoms in total. The number of nitrogens with one attached hydrogen (secondary N) is 2. The van der Waals surface area contributed by atoms with E-state index >= 15 is 0 Å². The SMILES string of the molecule is CC(C)CN(C(CCCCNC(=O)[C@H](Cc1ccc2ccccc2c1)NC(=O)O)COP(=O)(O)O)S(=O)(=O)c1ccc(N)cc1. The maximum atomic E-state index is 13.6. The van der Waals surface area contributed by atoms with Crippen LogP contribution in [0.5, 0.6) is 0 Å². The number of carboxylic acid groups (broad SMARTS) is 1. The molecule has 0 aliphatic heterocycles. The molecule has 3 aromatic carbocycles. The lowest BCUT2D eigenvalue weighted by molar-refractivity contribution is -0.123. The molecule has 0 aliphatic rings. The number of hydrogen-bond donors (Lipinski definition) is 6. The number of nitrogens with two attached hydrogens (primary N) is 1. The predicted octanol–water partition coefficient (Wildman–Crippen LogP) is 3.71. The summed E-state index contributed by atoms with van der Waals surface area (Å²) < 4.78 is 44.7. The molecule has 0 heterocycles. The predicted molar refractivity (Wildman–Crippen MR) is 171 cm³/mol. The Kier molecular flexibility index (Phi) is 12.9. The number of amides is 2. The van der Waals surface area contributed by atoms with Crippen molar-refractivity contribution in [2.24, 2.45) is 5.92 Å². The molecule has 0 radical (unpaired) electrons. The summed E-state index contributed by atoms with van der Waals surface area (Å²) >= 11 is 0. The van der Waals surface area contributed by atoms with Crippen molar-refractivity contribution in [3.8, 4) is 0 Å². The van der Waals surface area contributed by atoms with Gasteiger partial charge in [0.2, 0.25) is 15.9 Å². The first-order chi connectivity index (χ1) is 21.2. The van der Waals surface area contributed by atoms with E-state index < -0.39 is 48.5 Å². The summed E-state index contributed by atoms with van der Waals surface area (Å²) in [4.78, 5) is 43.0. The highest BCUT2D eigenvalue weighted by Gasteiger charge is 2.33. The van der Waals surface area contributed by atoms with Crippen LogP contribution in [0.25, 0.3) is 10.8 Å². The lowest BCUT2D eigenvalue weighted by atomic mass is 10.0. The number of fused-ring (bicyclic) bond motifs is 1. The van der Waals surface area contributed by atoms with Gasteiger partial charge < -0.3 is 31.3 Å². The average molecular weight is 665 g/mol. The van der Waals surface area contributed by atoms with Crippen LogP contribution in [0, 0.1) is 5.92 Å². The van der Waals surface area contributed by atoms with Crippen LogP contribution in [0.3, 0.4) is 0 Å². The quantitative estimate of drug-likeness (QED) is 0.0700. The second-order valence-electron chi connectivity index (χ2n) is 11.2. The molecule has 0 aromatic heterocycles. The fraction of sp³-hybridized carbons (Fsp3) is 0.400. The van der Waals surface area contributed by atoms with Gasteiger partial charge in [0.1, 0.15) is 6.04 Å². The minimum Gasteiger partial charge on any atom is -0.465 e. The number of carbonyl (C=O) groups is 2. The van der Waals surface area contributed by atoms with Crippen LogP contribution in [-0.4, -0.2) is 71.4 Å². The van der Waals surface area contributed by atoms with Gasteiger partial charge in [0, 0.05) is 31.2 Å². The number of nitrogens with zero attached hydrogens (tertiary/aromatic N) is 1. The van der Waals surface area contributed by atoms with E-state index in [4.69, 9.17) is 10.3 Å². The van der Waals surface area contributed by atoms with Crippen LogP contribution in [0.15, 0.2) is 71.6 Å². The Bertz CT molecular complexity index is 1600. The molecule has 0 aliphatic carbocycles. The van der Waals surface area contributed by atoms with Gasteiger partial charge in [0.25, 0.3) is 0 Å². The van der Waals surface area contributed by atoms with Gasteiger partial charge in [0.15, 0.2) is 0 Å². The van der Waals surface area contributed by atoms with Crippen LogP contribution >= 0.6 is 7.82 Å². The third-order valence-corrected chi connectivity index (χ3v) is 9.42. The van der Waals surface area contributed by atoms with E-state index in [2.05, 4.69) is 10.6 Å². The maximum Gasteiger partial charge on any atom is 0.469 e. The van der Waals surface area contributed by atoms with Crippen molar-refractivity contribution in [1.29, 1.82) is 0 Å². The fourth-order valence-corrected chi connectivity index (χ4v) is 7.04. The van der Waals surface area contributed by atoms with Crippen LogP contribution in [0.2, 0.25) is 0 Å². The van der Waals surface area contributed by atoms with Crippen molar-refractivity contribution in [3.63, 3.8) is 0 Å². The number of hydrogen-bond acceptors (Lipinski definition) is 7. The van der Waals surface area contributed by atoms with Crippen molar-refractivity contribution in [1.82, 2.24) is 14.9 Å². The molecule has 45 heavy (non-hydrogen) atoms. The number of phosphoric ester groups is 1. The summed E-state index contributed by atoms with van der Waals surface area (Å²) in [7, 11) is -8.99. The monoisotopic (exact) mass is 664 g/mol. The van der Waals surface area contributed by atoms with Gasteiger partial charge in [-0.15, -0.1) is 0 Å². The number of phosphoric acid groups is 1. The highest BCUT2D eigenvalue weighted by molar-refractivity contribution is 7.89. The van der Waals surface area contributed by atoms with Gasteiger partial charge in [-0.2, -0.15) is 4.31 Å². The largest absolute Gasteiger partial charge is 0.469 e. The minimum atomic E-state index is -4.90. The molecule has 1 unspecified atom stereocenters. The van der Waals surface area contributed by atoms with E-state index in [1.807, 2.05) is 56.3 Å². The molecule has 2 atom stereocenters. The van der Waals surface area contributed by atoms with E-state index in [1.54, 1.807) is 0 Å². The zero-order valence-corrected chi connectivity index (χ0v) is 26.9. The smallest absolute Gasteiger partial charge is 0.465 e. The summed E-state index contributed by atoms with van der Waals surface area (Å²) in [5, 5.41) is 16.3. The van der Waals surface area contributed by atoms with E-state index in [1.165, 1.54) is 28.6 Å². The number of anilines is 1. The second-order valence-corrected chi connectivity index (χ2v) is 14.3. The first kappa shape index (κ1) is 36.0. The summed E-state index contributed by atoms with van der Waals surface area (Å²) in [6, 6.07) is 17.0. The zero-order chi connectivity index (χ0) is 33.2. The molecule has 7 N–H and O–H groups in total. The Morgan fingerprint density at radius 3 is 2.29 bits per heavy atom. The maximum absolute atomic E-state index is 13.6. The Balaban J connectivity index is 1.67. The molecule has 0 spiro atoms. The third kappa shape index (κ3) is 11.4. The Hall–Kier alpha value is -3.52. The molecule has 3 rings (SSSR count). The highest BCUT2D eigenvalue weighted by Crippen LogP contribution is 2.37. The summed E-state index contributed by atoms with van der Waals surface area (Å²) in [6.07, 6.45) is -0.284. The minimum absolute atomic E-state index is 0.0193. The molecule has 2 amide bonds. The lowest BCUT2D eigenvalue weighted by Gasteiger charge is -2.32. The van der Waals surface area contributed by atoms with Crippen LogP contribution in [-0.2, 0) is 30.3 Å². The van der Waals surface area contributed by atoms with Gasteiger partial charge in [-0.3, -0.25) is 9.32 Å². The molecular formula is C30H41N4O9PS. The van der Waals surface area contributed by atoms with Crippen LogP contribution in [0.4, 0.5) is 10.5 Å². The molecule has 3 aromatic rings. The molecule has 15 heteroatoms. The number of unbranched alkanes of at least 4 members (excludes halogenated alkanes) is 1. The number of sulfonamides is 1. The number of benzene rings is 3. The molecule has 0 fully saturated rings. The van der Waals surface area contributed by atoms with E-state index in [0.29, 0.717) is 18.5 Å². The molecule has 246 valence electrons. The second kappa shape index (κ2) is 16.2. The number of nitrogen functional groups attached to an aromatic ring is 1. The summed E-state index contributed by atoms with van der Waals surface area (Å²) in [5.74, 6) is -0.633. The van der Waals surface area contributed by atoms with E-state index in [0.717, 1.165) is 16.3 Å². The van der Waals surface area contributed by atoms with Crippen molar-refractivity contribution in [3.05, 3.63) is 72.3 Å². The normalized spacial score (nSPS) is 13.6. The van der Waals surface area contributed by atoms with Crippen molar-refractivity contribution >= 4 is 46.3 Å². The van der Waals surface area contributed by atoms with Gasteiger partial charge in [0.05, 0.1) is 11.5 Å². The first-order valence-corrected chi connectivity index (χ1v) is 17.4. The van der Waals surface area contributed by atoms with Gasteiger partial charge in [-0.1, -0.05) is 62.7 Å². The molecular weight excluding hydrogens is 623 g/mol. The first-order valence-electron chi connectivity index (χ1n) is 14.5. The van der Waals surface area contributed by atoms with Crippen molar-refractivity contribution in [2.45, 2.75) is 56.5 Å². The van der Waals surface area contributed by atoms with E-state index in [-0.39, 0.29) is 36.7 Å². The Morgan fingerprint density at radius 1 is 1.00 bits per heavy atom. The topological polar surface area (TPSA) is 209 Å². The standard InChI is InChI=1S/C30H41N4O9PS/c1-21(2)19-34(45(41,42)27-14-12-25(31)13-15-27)26(20-43-44(38,39)40)9-5-6-16-32-29(35)28(33-30(36)37)18-22-10-11-23-7-3-4-8-24(23)17-22/h3-4,7-8,10-15,17,21,26,28,33H,5-6,9,16,18-20,31H2,1-2H3,(H,32,35)(H,36,37)(H2,38,39,40)/t26?,28-/m0/s1. The number of carbonyl (C=O) groups excluding carboxylic acids is 1. The van der Waals surface area contributed by atoms with Gasteiger partial charge >= 0.3 is 13.9 Å². The highest BCUT2D eigenvalue weighted by atomic mass is 32.2. The molecule has 0 saturated carbocycles. The average Bonchev–Trinajstić information content (AvgIpc) is 2.96. The molecule has 0 saturated heterocycles. The Labute approximate surface area is 263 Å². The summed E-state index contributed by atoms with van der Waals surface area (Å²) in [6.45, 7) is 3.32. The van der Waals surface area contributed by atoms with Crippen LogP contribution < -0.4 is 16.4 Å². The van der Waals surface area contributed by atoms with Crippen molar-refractivity contribution in [2.75, 3.05) is 25.4 Å². The van der Waals surface area contributed by atoms with Crippen molar-refractivity contribution < 1.29 is 42.0 Å². The Morgan fingerprint density at radius 2 is 1.67 bits per heavy atom. The lowest BCUT2D eigenvalue weighted by Crippen LogP contribution is -2.48. The van der Waals surface area contributed by atoms with Gasteiger partial charge in [-0.25, -0.2) is 17.8 Å². The fourth-order valence-electron chi connectivity index (χ4n) is 4.87. The number of rotatable bonds is 17. The van der Waals surface area contributed by atoms with Crippen LogP contribution in [0.1, 0.15) is 38.7 Å². The van der Waals surface area contributed by atoms with E-state index in [9.17, 15) is 37.5 Å².